The highest BCUT2D eigenvalue weighted by Gasteiger charge is 2.15. The number of hydrogen-bond donors (Lipinski definition) is 0. The molecule has 2 nitrogen and oxygen atoms in total. The van der Waals surface area contributed by atoms with Crippen molar-refractivity contribution in [3.8, 4) is 11.4 Å². The molecule has 0 saturated heterocycles. The van der Waals surface area contributed by atoms with Gasteiger partial charge in [-0.15, -0.1) is 0 Å². The average Bonchev–Trinajstić information content (AvgIpc) is 2.34. The monoisotopic (exact) mass is 484 g/mol. The van der Waals surface area contributed by atoms with Gasteiger partial charge in [0.25, 0.3) is 0 Å². The van der Waals surface area contributed by atoms with Crippen LogP contribution in [0, 0.1) is 9.49 Å². The Morgan fingerprint density at radius 2 is 1.95 bits per heavy atom. The van der Waals surface area contributed by atoms with Crippen LogP contribution >= 0.6 is 61.7 Å². The molecule has 0 unspecified atom stereocenters. The molecule has 1 heterocycles. The molecule has 0 aliphatic rings. The van der Waals surface area contributed by atoms with Crippen molar-refractivity contribution >= 4 is 61.7 Å². The summed E-state index contributed by atoms with van der Waals surface area (Å²) in [5.41, 5.74) is 1.87. The molecule has 1 aromatic heterocycles. The Balaban J connectivity index is 2.54. The number of benzene rings is 1. The summed E-state index contributed by atoms with van der Waals surface area (Å²) in [6.45, 7) is 4.31. The van der Waals surface area contributed by atoms with Gasteiger partial charge in [-0.2, -0.15) is 0 Å². The molecular formula is C14H12BrCl2IN2. The standard InChI is InChI=1S/C14H12BrCl2IN2/c1-7(2)5-11-12(18)13(17)20-14(19-11)9-4-3-8(16)6-10(9)15/h3-4,6-7H,5H2,1-2H3. The zero-order chi connectivity index (χ0) is 14.9. The van der Waals surface area contributed by atoms with Gasteiger partial charge in [-0.25, -0.2) is 9.97 Å². The van der Waals surface area contributed by atoms with E-state index in [-0.39, 0.29) is 0 Å². The minimum absolute atomic E-state index is 0.494. The van der Waals surface area contributed by atoms with Gasteiger partial charge in [-0.1, -0.05) is 37.0 Å². The van der Waals surface area contributed by atoms with Crippen molar-refractivity contribution in [3.05, 3.63) is 42.1 Å². The molecule has 2 aromatic rings. The lowest BCUT2D eigenvalue weighted by molar-refractivity contribution is 0.632. The summed E-state index contributed by atoms with van der Waals surface area (Å²) in [7, 11) is 0. The molecule has 0 fully saturated rings. The highest BCUT2D eigenvalue weighted by Crippen LogP contribution is 2.31. The Labute approximate surface area is 150 Å². The minimum atomic E-state index is 0.494. The quantitative estimate of drug-likeness (QED) is 0.392. The van der Waals surface area contributed by atoms with Crippen molar-refractivity contribution < 1.29 is 0 Å². The summed E-state index contributed by atoms with van der Waals surface area (Å²) in [5, 5.41) is 1.16. The summed E-state index contributed by atoms with van der Waals surface area (Å²) in [6.07, 6.45) is 0.874. The molecule has 0 aliphatic heterocycles. The van der Waals surface area contributed by atoms with Crippen LogP contribution in [0.3, 0.4) is 0 Å². The lowest BCUT2D eigenvalue weighted by Gasteiger charge is -2.11. The van der Waals surface area contributed by atoms with Crippen LogP contribution in [-0.2, 0) is 6.42 Å². The van der Waals surface area contributed by atoms with Gasteiger partial charge in [-0.3, -0.25) is 0 Å². The highest BCUT2D eigenvalue weighted by molar-refractivity contribution is 14.1. The number of hydrogen-bond acceptors (Lipinski definition) is 2. The van der Waals surface area contributed by atoms with E-state index in [0.717, 1.165) is 25.7 Å². The largest absolute Gasteiger partial charge is 0.232 e. The maximum Gasteiger partial charge on any atom is 0.162 e. The van der Waals surface area contributed by atoms with Crippen LogP contribution in [0.4, 0.5) is 0 Å². The van der Waals surface area contributed by atoms with Gasteiger partial charge >= 0.3 is 0 Å². The van der Waals surface area contributed by atoms with Crippen molar-refractivity contribution in [1.82, 2.24) is 9.97 Å². The zero-order valence-electron chi connectivity index (χ0n) is 10.9. The van der Waals surface area contributed by atoms with E-state index in [9.17, 15) is 0 Å². The second kappa shape index (κ2) is 6.90. The van der Waals surface area contributed by atoms with Crippen LogP contribution < -0.4 is 0 Å². The first kappa shape index (κ1) is 16.5. The first-order chi connectivity index (χ1) is 9.38. The van der Waals surface area contributed by atoms with Crippen LogP contribution in [0.2, 0.25) is 10.2 Å². The third-order valence-electron chi connectivity index (χ3n) is 2.65. The minimum Gasteiger partial charge on any atom is -0.232 e. The van der Waals surface area contributed by atoms with E-state index in [0.29, 0.717) is 21.9 Å². The molecular weight excluding hydrogens is 474 g/mol. The summed E-state index contributed by atoms with van der Waals surface area (Å²) in [6, 6.07) is 5.54. The number of aromatic nitrogens is 2. The Morgan fingerprint density at radius 1 is 1.25 bits per heavy atom. The number of nitrogens with zero attached hydrogens (tertiary/aromatic N) is 2. The zero-order valence-corrected chi connectivity index (χ0v) is 16.2. The molecule has 0 spiro atoms. The van der Waals surface area contributed by atoms with Gasteiger partial charge in [0, 0.05) is 15.1 Å². The molecule has 0 N–H and O–H groups in total. The lowest BCUT2D eigenvalue weighted by Crippen LogP contribution is -2.04. The van der Waals surface area contributed by atoms with Crippen molar-refractivity contribution in [2.75, 3.05) is 0 Å². The average molecular weight is 486 g/mol. The molecule has 6 heteroatoms. The molecule has 20 heavy (non-hydrogen) atoms. The van der Waals surface area contributed by atoms with Crippen LogP contribution in [0.15, 0.2) is 22.7 Å². The van der Waals surface area contributed by atoms with Crippen molar-refractivity contribution in [2.45, 2.75) is 20.3 Å². The first-order valence-corrected chi connectivity index (χ1v) is 8.68. The van der Waals surface area contributed by atoms with E-state index >= 15 is 0 Å². The van der Waals surface area contributed by atoms with Gasteiger partial charge in [0.1, 0.15) is 5.15 Å². The second-order valence-corrected chi connectivity index (χ2v) is 7.55. The van der Waals surface area contributed by atoms with Gasteiger partial charge < -0.3 is 0 Å². The van der Waals surface area contributed by atoms with Crippen LogP contribution in [0.5, 0.6) is 0 Å². The SMILES string of the molecule is CC(C)Cc1nc(-c2ccc(Cl)cc2Br)nc(Cl)c1I. The predicted molar refractivity (Wildman–Crippen MR) is 96.4 cm³/mol. The predicted octanol–water partition coefficient (Wildman–Crippen LogP) is 6.02. The fourth-order valence-corrected chi connectivity index (χ4v) is 3.29. The topological polar surface area (TPSA) is 25.8 Å². The van der Waals surface area contributed by atoms with Gasteiger partial charge in [0.05, 0.1) is 9.26 Å². The van der Waals surface area contributed by atoms with Crippen molar-refractivity contribution in [3.63, 3.8) is 0 Å². The van der Waals surface area contributed by atoms with E-state index in [1.54, 1.807) is 0 Å². The number of rotatable bonds is 3. The summed E-state index contributed by atoms with van der Waals surface area (Å²) in [4.78, 5) is 9.03. The maximum atomic E-state index is 6.24. The van der Waals surface area contributed by atoms with Gasteiger partial charge in [-0.05, 0) is 69.1 Å². The molecule has 2 rings (SSSR count). The molecule has 1 aromatic carbocycles. The van der Waals surface area contributed by atoms with Gasteiger partial charge in [0.2, 0.25) is 0 Å². The third-order valence-corrected chi connectivity index (χ3v) is 5.27. The van der Waals surface area contributed by atoms with E-state index in [4.69, 9.17) is 23.2 Å². The number of halogens is 4. The summed E-state index contributed by atoms with van der Waals surface area (Å²) < 4.78 is 1.78. The molecule has 0 radical (unpaired) electrons. The van der Waals surface area contributed by atoms with Crippen LogP contribution in [-0.4, -0.2) is 9.97 Å². The summed E-state index contributed by atoms with van der Waals surface area (Å²) >= 11 is 17.9. The second-order valence-electron chi connectivity index (χ2n) is 4.82. The molecule has 0 amide bonds. The third kappa shape index (κ3) is 3.84. The summed E-state index contributed by atoms with van der Waals surface area (Å²) in [5.74, 6) is 1.13. The molecule has 0 aliphatic carbocycles. The lowest BCUT2D eigenvalue weighted by atomic mass is 10.1. The Bertz CT molecular complexity index is 647. The maximum absolute atomic E-state index is 6.24. The van der Waals surface area contributed by atoms with E-state index in [1.165, 1.54) is 0 Å². The van der Waals surface area contributed by atoms with Crippen molar-refractivity contribution in [1.29, 1.82) is 0 Å². The van der Waals surface area contributed by atoms with E-state index in [2.05, 4.69) is 62.3 Å². The normalized spacial score (nSPS) is 11.2. The Morgan fingerprint density at radius 3 is 2.55 bits per heavy atom. The smallest absolute Gasteiger partial charge is 0.162 e. The molecule has 0 atom stereocenters. The molecule has 0 saturated carbocycles. The molecule has 106 valence electrons. The highest BCUT2D eigenvalue weighted by atomic mass is 127. The Kier molecular flexibility index (Phi) is 5.68. The first-order valence-electron chi connectivity index (χ1n) is 6.05. The fourth-order valence-electron chi connectivity index (χ4n) is 1.78. The molecule has 0 bridgehead atoms. The fraction of sp³-hybridized carbons (Fsp3) is 0.286. The van der Waals surface area contributed by atoms with Crippen molar-refractivity contribution in [2.24, 2.45) is 5.92 Å². The van der Waals surface area contributed by atoms with Gasteiger partial charge in [0.15, 0.2) is 5.82 Å². The van der Waals surface area contributed by atoms with E-state index in [1.807, 2.05) is 18.2 Å². The van der Waals surface area contributed by atoms with Crippen LogP contribution in [0.25, 0.3) is 11.4 Å². The van der Waals surface area contributed by atoms with E-state index < -0.39 is 0 Å². The van der Waals surface area contributed by atoms with Crippen LogP contribution in [0.1, 0.15) is 19.5 Å². The Hall–Kier alpha value is 0.0900.